The van der Waals surface area contributed by atoms with Gasteiger partial charge in [-0.25, -0.2) is 9.13 Å². The summed E-state index contributed by atoms with van der Waals surface area (Å²) in [6.07, 6.45) is 45.0. The summed E-state index contributed by atoms with van der Waals surface area (Å²) in [6, 6.07) is 0. The highest BCUT2D eigenvalue weighted by molar-refractivity contribution is 7.47. The van der Waals surface area contributed by atoms with Crippen molar-refractivity contribution in [3.8, 4) is 0 Å². The van der Waals surface area contributed by atoms with Gasteiger partial charge < -0.3 is 33.8 Å². The zero-order chi connectivity index (χ0) is 67.5. The van der Waals surface area contributed by atoms with Gasteiger partial charge in [0.2, 0.25) is 0 Å². The van der Waals surface area contributed by atoms with Crippen LogP contribution in [0.2, 0.25) is 0 Å². The van der Waals surface area contributed by atoms with E-state index in [0.717, 1.165) is 108 Å². The highest BCUT2D eigenvalue weighted by atomic mass is 31.2. The molecule has 0 aliphatic rings. The molecule has 0 amide bonds. The van der Waals surface area contributed by atoms with Crippen molar-refractivity contribution in [1.82, 2.24) is 0 Å². The lowest BCUT2D eigenvalue weighted by atomic mass is 9.99. The van der Waals surface area contributed by atoms with Gasteiger partial charge in [-0.2, -0.15) is 0 Å². The molecule has 0 saturated heterocycles. The number of phosphoric acid groups is 2. The molecule has 17 nitrogen and oxygen atoms in total. The van der Waals surface area contributed by atoms with Crippen LogP contribution in [0.25, 0.3) is 0 Å². The molecular formula is C72H140O17P2. The van der Waals surface area contributed by atoms with Crippen molar-refractivity contribution in [1.29, 1.82) is 0 Å². The second-order valence-electron chi connectivity index (χ2n) is 27.4. The lowest BCUT2D eigenvalue weighted by molar-refractivity contribution is -0.161. The van der Waals surface area contributed by atoms with Crippen molar-refractivity contribution < 1.29 is 80.2 Å². The van der Waals surface area contributed by atoms with Crippen LogP contribution in [0.5, 0.6) is 0 Å². The van der Waals surface area contributed by atoms with Gasteiger partial charge in [0, 0.05) is 25.7 Å². The summed E-state index contributed by atoms with van der Waals surface area (Å²) in [7, 11) is -9.90. The zero-order valence-corrected chi connectivity index (χ0v) is 61.3. The van der Waals surface area contributed by atoms with Gasteiger partial charge in [-0.1, -0.05) is 306 Å². The number of rotatable bonds is 69. The minimum absolute atomic E-state index is 0.101. The molecule has 0 aromatic rings. The van der Waals surface area contributed by atoms with E-state index >= 15 is 0 Å². The van der Waals surface area contributed by atoms with Crippen molar-refractivity contribution in [2.75, 3.05) is 39.6 Å². The van der Waals surface area contributed by atoms with Gasteiger partial charge in [-0.05, 0) is 49.4 Å². The summed E-state index contributed by atoms with van der Waals surface area (Å²) in [6.45, 7) is 14.0. The van der Waals surface area contributed by atoms with Crippen LogP contribution in [-0.4, -0.2) is 96.7 Å². The lowest BCUT2D eigenvalue weighted by Crippen LogP contribution is -2.30. The van der Waals surface area contributed by atoms with Crippen LogP contribution in [0.1, 0.15) is 357 Å². The second-order valence-corrected chi connectivity index (χ2v) is 30.3. The summed E-state index contributed by atoms with van der Waals surface area (Å²) in [4.78, 5) is 72.4. The highest BCUT2D eigenvalue weighted by Gasteiger charge is 2.30. The molecule has 0 saturated carbocycles. The maximum Gasteiger partial charge on any atom is 0.472 e. The van der Waals surface area contributed by atoms with E-state index in [4.69, 9.17) is 37.0 Å². The predicted molar refractivity (Wildman–Crippen MR) is 367 cm³/mol. The Balaban J connectivity index is 5.10. The van der Waals surface area contributed by atoms with Crippen molar-refractivity contribution in [2.45, 2.75) is 375 Å². The molecule has 0 aliphatic heterocycles. The fourth-order valence-corrected chi connectivity index (χ4v) is 12.4. The van der Waals surface area contributed by atoms with Gasteiger partial charge in [-0.3, -0.25) is 37.3 Å². The molecule has 540 valence electrons. The van der Waals surface area contributed by atoms with E-state index in [0.29, 0.717) is 37.5 Å². The van der Waals surface area contributed by atoms with Gasteiger partial charge in [0.1, 0.15) is 19.3 Å². The molecular weight excluding hydrogens is 1200 g/mol. The average Bonchev–Trinajstić information content (AvgIpc) is 3.72. The molecule has 5 unspecified atom stereocenters. The monoisotopic (exact) mass is 1340 g/mol. The number of aliphatic hydroxyl groups is 1. The van der Waals surface area contributed by atoms with Crippen LogP contribution >= 0.6 is 15.6 Å². The number of phosphoric ester groups is 2. The zero-order valence-electron chi connectivity index (χ0n) is 59.5. The Morgan fingerprint density at radius 1 is 0.308 bits per heavy atom. The Hall–Kier alpha value is -1.94. The first-order valence-corrected chi connectivity index (χ1v) is 40.3. The Morgan fingerprint density at radius 3 is 0.780 bits per heavy atom. The maximum atomic E-state index is 13.0. The minimum atomic E-state index is -4.95. The number of esters is 4. The summed E-state index contributed by atoms with van der Waals surface area (Å²) < 4.78 is 68.2. The van der Waals surface area contributed by atoms with Crippen LogP contribution in [-0.2, 0) is 65.4 Å². The number of aliphatic hydroxyl groups excluding tert-OH is 1. The van der Waals surface area contributed by atoms with Crippen molar-refractivity contribution >= 4 is 39.5 Å². The van der Waals surface area contributed by atoms with E-state index < -0.39 is 97.5 Å². The quantitative estimate of drug-likeness (QED) is 0.0222. The summed E-state index contributed by atoms with van der Waals surface area (Å²) in [5.41, 5.74) is 0. The largest absolute Gasteiger partial charge is 0.472 e. The van der Waals surface area contributed by atoms with Gasteiger partial charge >= 0.3 is 39.5 Å². The predicted octanol–water partition coefficient (Wildman–Crippen LogP) is 20.5. The van der Waals surface area contributed by atoms with Crippen molar-refractivity contribution in [3.05, 3.63) is 0 Å². The third-order valence-electron chi connectivity index (χ3n) is 17.3. The summed E-state index contributed by atoms with van der Waals surface area (Å²) in [5, 5.41) is 10.6. The molecule has 0 radical (unpaired) electrons. The van der Waals surface area contributed by atoms with Gasteiger partial charge in [0.25, 0.3) is 0 Å². The fraction of sp³-hybridized carbons (Fsp3) is 0.944. The smallest absolute Gasteiger partial charge is 0.462 e. The topological polar surface area (TPSA) is 237 Å². The molecule has 0 aromatic carbocycles. The average molecular weight is 1340 g/mol. The molecule has 0 bridgehead atoms. The van der Waals surface area contributed by atoms with Crippen LogP contribution in [0.15, 0.2) is 0 Å². The van der Waals surface area contributed by atoms with Crippen LogP contribution in [0.3, 0.4) is 0 Å². The molecule has 0 aliphatic carbocycles. The van der Waals surface area contributed by atoms with E-state index in [1.807, 2.05) is 0 Å². The Labute approximate surface area is 556 Å². The summed E-state index contributed by atoms with van der Waals surface area (Å²) >= 11 is 0. The standard InChI is InChI=1S/C72H140O17P2/c1-9-64(7)50-42-34-25-21-19-17-15-13-11-12-14-16-18-20-22-26-36-44-52-69(74)82-58-68(89-72(77)55-47-39-31-29-35-43-51-65(8)10-2)61-87-91(80,81)85-57-66(73)56-84-90(78,79)86-60-67(88-71(76)54-46-38-30-28-33-41-49-63(5)6)59-83-70(75)53-45-37-27-23-24-32-40-48-62(3)4/h62-68,73H,9-61H2,1-8H3,(H,78,79)(H,80,81)/t64?,65?,66?,67-,68-/m1/s1. The van der Waals surface area contributed by atoms with Gasteiger partial charge in [0.15, 0.2) is 12.2 Å². The Bertz CT molecular complexity index is 1800. The number of unbranched alkanes of at least 4 members (excludes halogenated alkanes) is 33. The van der Waals surface area contributed by atoms with E-state index in [9.17, 15) is 43.2 Å². The van der Waals surface area contributed by atoms with E-state index in [-0.39, 0.29) is 25.7 Å². The first kappa shape index (κ1) is 89.1. The van der Waals surface area contributed by atoms with Crippen LogP contribution < -0.4 is 0 Å². The van der Waals surface area contributed by atoms with E-state index in [2.05, 4.69) is 55.4 Å². The molecule has 19 heteroatoms. The molecule has 0 fully saturated rings. The van der Waals surface area contributed by atoms with Crippen molar-refractivity contribution in [3.63, 3.8) is 0 Å². The Morgan fingerprint density at radius 2 is 0.527 bits per heavy atom. The minimum Gasteiger partial charge on any atom is -0.462 e. The number of hydrogen-bond donors (Lipinski definition) is 3. The highest BCUT2D eigenvalue weighted by Crippen LogP contribution is 2.45. The third kappa shape index (κ3) is 63.9. The number of carbonyl (C=O) groups excluding carboxylic acids is 4. The van der Waals surface area contributed by atoms with Gasteiger partial charge in [0.05, 0.1) is 26.4 Å². The maximum absolute atomic E-state index is 13.0. The van der Waals surface area contributed by atoms with Crippen LogP contribution in [0.4, 0.5) is 0 Å². The normalized spacial score (nSPS) is 14.8. The van der Waals surface area contributed by atoms with E-state index in [1.54, 1.807) is 0 Å². The molecule has 3 N–H and O–H groups in total. The first-order valence-electron chi connectivity index (χ1n) is 37.3. The number of carbonyl (C=O) groups is 4. The molecule has 7 atom stereocenters. The first-order chi connectivity index (χ1) is 43.7. The summed E-state index contributed by atoms with van der Waals surface area (Å²) in [5.74, 6) is 0.832. The molecule has 0 spiro atoms. The molecule has 0 aromatic heterocycles. The van der Waals surface area contributed by atoms with Crippen LogP contribution in [0, 0.1) is 23.7 Å². The molecule has 0 heterocycles. The fourth-order valence-electron chi connectivity index (χ4n) is 10.8. The third-order valence-corrected chi connectivity index (χ3v) is 19.2. The second kappa shape index (κ2) is 61.6. The van der Waals surface area contributed by atoms with Gasteiger partial charge in [-0.15, -0.1) is 0 Å². The number of hydrogen-bond acceptors (Lipinski definition) is 15. The lowest BCUT2D eigenvalue weighted by Gasteiger charge is -2.21. The Kier molecular flexibility index (Phi) is 60.3. The van der Waals surface area contributed by atoms with Crippen molar-refractivity contribution in [2.24, 2.45) is 23.7 Å². The molecule has 91 heavy (non-hydrogen) atoms. The molecule has 0 rings (SSSR count). The van der Waals surface area contributed by atoms with E-state index in [1.165, 1.54) is 154 Å². The SMILES string of the molecule is CCC(C)CCCCCCCCCCCCCCCCCCCCC(=O)OC[C@H](COP(=O)(O)OCC(O)COP(=O)(O)OC[C@@H](COC(=O)CCCCCCCCCC(C)C)OC(=O)CCCCCCCCC(C)C)OC(=O)CCCCCCCCC(C)CC. The number of ether oxygens (including phenoxy) is 4.